The first-order valence-corrected chi connectivity index (χ1v) is 4.82. The van der Waals surface area contributed by atoms with Crippen LogP contribution in [0.5, 0.6) is 0 Å². The standard InChI is InChI=1S/C12H10O4/c1-7-8-4-2-3-5-10(8)16-12(15)9(7)6-11(13)14/h2-5H,6H2,1H3,(H,13,14). The van der Waals surface area contributed by atoms with E-state index >= 15 is 0 Å². The molecule has 4 heteroatoms. The fraction of sp³-hybridized carbons (Fsp3) is 0.167. The molecule has 1 aromatic heterocycles. The van der Waals surface area contributed by atoms with E-state index < -0.39 is 11.6 Å². The number of hydrogen-bond acceptors (Lipinski definition) is 3. The maximum absolute atomic E-state index is 11.6. The fourth-order valence-corrected chi connectivity index (χ4v) is 1.70. The molecule has 0 saturated heterocycles. The van der Waals surface area contributed by atoms with E-state index in [2.05, 4.69) is 0 Å². The van der Waals surface area contributed by atoms with Crippen molar-refractivity contribution < 1.29 is 14.3 Å². The van der Waals surface area contributed by atoms with Crippen molar-refractivity contribution >= 4 is 16.9 Å². The van der Waals surface area contributed by atoms with Crippen molar-refractivity contribution in [2.75, 3.05) is 0 Å². The molecule has 0 unspecified atom stereocenters. The van der Waals surface area contributed by atoms with Crippen LogP contribution in [0.1, 0.15) is 11.1 Å². The monoisotopic (exact) mass is 218 g/mol. The zero-order valence-electron chi connectivity index (χ0n) is 8.69. The van der Waals surface area contributed by atoms with E-state index in [-0.39, 0.29) is 12.0 Å². The molecule has 4 nitrogen and oxygen atoms in total. The van der Waals surface area contributed by atoms with Crippen molar-refractivity contribution in [2.24, 2.45) is 0 Å². The highest BCUT2D eigenvalue weighted by Gasteiger charge is 2.13. The minimum atomic E-state index is -1.04. The average molecular weight is 218 g/mol. The molecule has 2 aromatic rings. The predicted octanol–water partition coefficient (Wildman–Crippen LogP) is 1.73. The number of fused-ring (bicyclic) bond motifs is 1. The normalized spacial score (nSPS) is 10.6. The third kappa shape index (κ3) is 1.69. The summed E-state index contributed by atoms with van der Waals surface area (Å²) in [5.74, 6) is -1.04. The van der Waals surface area contributed by atoms with Crippen LogP contribution in [0.15, 0.2) is 33.5 Å². The van der Waals surface area contributed by atoms with E-state index in [4.69, 9.17) is 9.52 Å². The van der Waals surface area contributed by atoms with Crippen LogP contribution in [0.4, 0.5) is 0 Å². The van der Waals surface area contributed by atoms with Gasteiger partial charge < -0.3 is 9.52 Å². The highest BCUT2D eigenvalue weighted by molar-refractivity contribution is 5.82. The lowest BCUT2D eigenvalue weighted by atomic mass is 10.0. The molecule has 0 aliphatic carbocycles. The third-order valence-corrected chi connectivity index (χ3v) is 2.52. The van der Waals surface area contributed by atoms with E-state index in [0.717, 1.165) is 5.39 Å². The Labute approximate surface area is 91.1 Å². The summed E-state index contributed by atoms with van der Waals surface area (Å²) in [7, 11) is 0. The summed E-state index contributed by atoms with van der Waals surface area (Å²) in [6.45, 7) is 1.73. The number of aliphatic carboxylic acids is 1. The lowest BCUT2D eigenvalue weighted by Gasteiger charge is -2.04. The predicted molar refractivity (Wildman–Crippen MR) is 58.6 cm³/mol. The zero-order chi connectivity index (χ0) is 11.7. The van der Waals surface area contributed by atoms with Crippen LogP contribution < -0.4 is 5.63 Å². The topological polar surface area (TPSA) is 67.5 Å². The van der Waals surface area contributed by atoms with Gasteiger partial charge in [0.2, 0.25) is 0 Å². The lowest BCUT2D eigenvalue weighted by Crippen LogP contribution is -2.14. The average Bonchev–Trinajstić information content (AvgIpc) is 2.24. The Morgan fingerprint density at radius 3 is 2.75 bits per heavy atom. The molecule has 82 valence electrons. The number of carboxylic acids is 1. The number of rotatable bonds is 2. The van der Waals surface area contributed by atoms with Gasteiger partial charge in [0, 0.05) is 5.39 Å². The largest absolute Gasteiger partial charge is 0.481 e. The Morgan fingerprint density at radius 1 is 1.38 bits per heavy atom. The minimum Gasteiger partial charge on any atom is -0.481 e. The molecule has 1 heterocycles. The first-order chi connectivity index (χ1) is 7.59. The van der Waals surface area contributed by atoms with Crippen LogP contribution in [0.2, 0.25) is 0 Å². The number of carboxylic acid groups (broad SMARTS) is 1. The minimum absolute atomic E-state index is 0.214. The molecule has 16 heavy (non-hydrogen) atoms. The molecule has 2 rings (SSSR count). The van der Waals surface area contributed by atoms with Crippen molar-refractivity contribution in [3.8, 4) is 0 Å². The molecular weight excluding hydrogens is 208 g/mol. The van der Waals surface area contributed by atoms with Gasteiger partial charge in [-0.25, -0.2) is 4.79 Å². The van der Waals surface area contributed by atoms with Gasteiger partial charge in [-0.2, -0.15) is 0 Å². The second kappa shape index (κ2) is 3.81. The smallest absolute Gasteiger partial charge is 0.340 e. The fourth-order valence-electron chi connectivity index (χ4n) is 1.70. The summed E-state index contributed by atoms with van der Waals surface area (Å²) in [4.78, 5) is 22.2. The highest BCUT2D eigenvalue weighted by atomic mass is 16.4. The van der Waals surface area contributed by atoms with E-state index in [1.165, 1.54) is 0 Å². The number of aryl methyl sites for hydroxylation is 1. The van der Waals surface area contributed by atoms with Gasteiger partial charge in [0.25, 0.3) is 0 Å². The van der Waals surface area contributed by atoms with Gasteiger partial charge in [-0.3, -0.25) is 4.79 Å². The first kappa shape index (κ1) is 10.4. The number of para-hydroxylation sites is 1. The van der Waals surface area contributed by atoms with Gasteiger partial charge in [-0.1, -0.05) is 18.2 Å². The van der Waals surface area contributed by atoms with Crippen LogP contribution in [0.25, 0.3) is 11.0 Å². The molecule has 0 aliphatic heterocycles. The van der Waals surface area contributed by atoms with Gasteiger partial charge in [0.15, 0.2) is 0 Å². The summed E-state index contributed by atoms with van der Waals surface area (Å²) in [5.41, 5.74) is 0.804. The molecule has 0 aliphatic rings. The van der Waals surface area contributed by atoms with E-state index in [9.17, 15) is 9.59 Å². The summed E-state index contributed by atoms with van der Waals surface area (Å²) >= 11 is 0. The second-order valence-electron chi connectivity index (χ2n) is 3.56. The zero-order valence-corrected chi connectivity index (χ0v) is 8.69. The van der Waals surface area contributed by atoms with E-state index in [0.29, 0.717) is 11.1 Å². The second-order valence-corrected chi connectivity index (χ2v) is 3.56. The Bertz CT molecular complexity index is 610. The van der Waals surface area contributed by atoms with Crippen LogP contribution in [0.3, 0.4) is 0 Å². The highest BCUT2D eigenvalue weighted by Crippen LogP contribution is 2.18. The lowest BCUT2D eigenvalue weighted by molar-refractivity contribution is -0.136. The maximum atomic E-state index is 11.6. The molecule has 0 amide bonds. The molecule has 0 spiro atoms. The Balaban J connectivity index is 2.75. The van der Waals surface area contributed by atoms with Crippen molar-refractivity contribution in [1.82, 2.24) is 0 Å². The van der Waals surface area contributed by atoms with Gasteiger partial charge in [-0.15, -0.1) is 0 Å². The summed E-state index contributed by atoms with van der Waals surface area (Å²) in [5, 5.41) is 9.48. The maximum Gasteiger partial charge on any atom is 0.340 e. The van der Waals surface area contributed by atoms with Crippen LogP contribution >= 0.6 is 0 Å². The molecule has 1 aromatic carbocycles. The summed E-state index contributed by atoms with van der Waals surface area (Å²) < 4.78 is 5.06. The molecular formula is C12H10O4. The molecule has 0 bridgehead atoms. The van der Waals surface area contributed by atoms with Gasteiger partial charge in [0.05, 0.1) is 12.0 Å². The van der Waals surface area contributed by atoms with Crippen molar-refractivity contribution in [2.45, 2.75) is 13.3 Å². The van der Waals surface area contributed by atoms with Gasteiger partial charge in [-0.05, 0) is 18.6 Å². The Kier molecular flexibility index (Phi) is 2.48. The summed E-state index contributed by atoms with van der Waals surface area (Å²) in [6.07, 6.45) is -0.307. The van der Waals surface area contributed by atoms with Crippen molar-refractivity contribution in [3.63, 3.8) is 0 Å². The third-order valence-electron chi connectivity index (χ3n) is 2.52. The molecule has 1 N–H and O–H groups in total. The van der Waals surface area contributed by atoms with Crippen LogP contribution in [0, 0.1) is 6.92 Å². The van der Waals surface area contributed by atoms with Crippen LogP contribution in [-0.4, -0.2) is 11.1 Å². The number of carbonyl (C=O) groups is 1. The van der Waals surface area contributed by atoms with Gasteiger partial charge >= 0.3 is 11.6 Å². The molecule has 0 saturated carbocycles. The SMILES string of the molecule is Cc1c(CC(=O)O)c(=O)oc2ccccc12. The van der Waals surface area contributed by atoms with E-state index in [1.54, 1.807) is 25.1 Å². The quantitative estimate of drug-likeness (QED) is 0.779. The van der Waals surface area contributed by atoms with Crippen LogP contribution in [-0.2, 0) is 11.2 Å². The van der Waals surface area contributed by atoms with Crippen molar-refractivity contribution in [1.29, 1.82) is 0 Å². The summed E-state index contributed by atoms with van der Waals surface area (Å²) in [6, 6.07) is 7.08. The first-order valence-electron chi connectivity index (χ1n) is 4.82. The van der Waals surface area contributed by atoms with Crippen molar-refractivity contribution in [3.05, 3.63) is 45.8 Å². The van der Waals surface area contributed by atoms with E-state index in [1.807, 2.05) is 6.07 Å². The Hall–Kier alpha value is -2.10. The molecule has 0 atom stereocenters. The molecule has 0 fully saturated rings. The Morgan fingerprint density at radius 2 is 2.06 bits per heavy atom. The number of benzene rings is 1. The number of hydrogen-bond donors (Lipinski definition) is 1. The van der Waals surface area contributed by atoms with Gasteiger partial charge in [0.1, 0.15) is 5.58 Å². The molecule has 0 radical (unpaired) electrons.